The molecular formula is C19H24N2O3S. The maximum atomic E-state index is 12.5. The van der Waals surface area contributed by atoms with Crippen molar-refractivity contribution in [2.75, 3.05) is 11.9 Å². The minimum Gasteiger partial charge on any atom is -0.322 e. The van der Waals surface area contributed by atoms with E-state index in [9.17, 15) is 13.2 Å². The molecule has 0 heterocycles. The number of amides is 1. The van der Waals surface area contributed by atoms with Gasteiger partial charge in [-0.15, -0.1) is 0 Å². The average Bonchev–Trinajstić information content (AvgIpc) is 2.60. The van der Waals surface area contributed by atoms with Gasteiger partial charge >= 0.3 is 0 Å². The Bertz CT molecular complexity index is 845. The number of aryl methyl sites for hydroxylation is 1. The van der Waals surface area contributed by atoms with Gasteiger partial charge in [0.15, 0.2) is 0 Å². The number of anilines is 1. The lowest BCUT2D eigenvalue weighted by Crippen LogP contribution is -2.27. The van der Waals surface area contributed by atoms with Gasteiger partial charge in [-0.2, -0.15) is 0 Å². The molecule has 2 aromatic carbocycles. The van der Waals surface area contributed by atoms with Crippen LogP contribution in [-0.2, 0) is 16.4 Å². The second kappa shape index (κ2) is 8.27. The molecule has 0 aliphatic heterocycles. The lowest BCUT2D eigenvalue weighted by molar-refractivity contribution is 0.102. The zero-order chi connectivity index (χ0) is 18.4. The van der Waals surface area contributed by atoms with E-state index in [1.807, 2.05) is 45.0 Å². The van der Waals surface area contributed by atoms with Crippen molar-refractivity contribution < 1.29 is 13.2 Å². The van der Waals surface area contributed by atoms with Gasteiger partial charge in [-0.1, -0.05) is 45.0 Å². The van der Waals surface area contributed by atoms with Crippen molar-refractivity contribution in [1.82, 2.24) is 4.72 Å². The SMILES string of the molecule is CCc1ccccc1NC(=O)c1cccc(S(=O)(=O)NCC(C)C)c1. The molecule has 0 saturated carbocycles. The Labute approximate surface area is 149 Å². The summed E-state index contributed by atoms with van der Waals surface area (Å²) in [4.78, 5) is 12.6. The minimum absolute atomic E-state index is 0.0876. The van der Waals surface area contributed by atoms with Gasteiger partial charge in [0.1, 0.15) is 0 Å². The molecule has 134 valence electrons. The van der Waals surface area contributed by atoms with Gasteiger partial charge in [-0.05, 0) is 42.2 Å². The number of carbonyl (C=O) groups excluding carboxylic acids is 1. The predicted molar refractivity (Wildman–Crippen MR) is 100 cm³/mol. The standard InChI is InChI=1S/C19H24N2O3S/c1-4-15-8-5-6-11-18(15)21-19(22)16-9-7-10-17(12-16)25(23,24)20-13-14(2)3/h5-12,14,20H,4,13H2,1-3H3,(H,21,22). The fraction of sp³-hybridized carbons (Fsp3) is 0.316. The molecule has 2 rings (SSSR count). The quantitative estimate of drug-likeness (QED) is 0.794. The van der Waals surface area contributed by atoms with E-state index in [4.69, 9.17) is 0 Å². The largest absolute Gasteiger partial charge is 0.322 e. The summed E-state index contributed by atoms with van der Waals surface area (Å²) >= 11 is 0. The van der Waals surface area contributed by atoms with Crippen LogP contribution >= 0.6 is 0 Å². The van der Waals surface area contributed by atoms with Crippen LogP contribution in [0.3, 0.4) is 0 Å². The topological polar surface area (TPSA) is 75.3 Å². The van der Waals surface area contributed by atoms with Gasteiger partial charge in [0, 0.05) is 17.8 Å². The van der Waals surface area contributed by atoms with Gasteiger partial charge in [0.05, 0.1) is 4.90 Å². The summed E-state index contributed by atoms with van der Waals surface area (Å²) < 4.78 is 27.2. The molecule has 0 spiro atoms. The van der Waals surface area contributed by atoms with Crippen molar-refractivity contribution in [3.63, 3.8) is 0 Å². The molecule has 0 aliphatic carbocycles. The van der Waals surface area contributed by atoms with E-state index >= 15 is 0 Å². The average molecular weight is 360 g/mol. The number of carbonyl (C=O) groups is 1. The lowest BCUT2D eigenvalue weighted by atomic mass is 10.1. The van der Waals surface area contributed by atoms with Gasteiger partial charge in [0.2, 0.25) is 10.0 Å². The van der Waals surface area contributed by atoms with Crippen molar-refractivity contribution in [2.24, 2.45) is 5.92 Å². The van der Waals surface area contributed by atoms with Crippen LogP contribution in [0.2, 0.25) is 0 Å². The first-order valence-corrected chi connectivity index (χ1v) is 9.80. The van der Waals surface area contributed by atoms with E-state index in [0.29, 0.717) is 12.1 Å². The molecule has 1 amide bonds. The van der Waals surface area contributed by atoms with Crippen LogP contribution in [0.25, 0.3) is 0 Å². The Morgan fingerprint density at radius 1 is 1.08 bits per heavy atom. The normalized spacial score (nSPS) is 11.5. The number of para-hydroxylation sites is 1. The smallest absolute Gasteiger partial charge is 0.255 e. The number of rotatable bonds is 7. The highest BCUT2D eigenvalue weighted by molar-refractivity contribution is 7.89. The van der Waals surface area contributed by atoms with Crippen molar-refractivity contribution >= 4 is 21.6 Å². The molecule has 2 N–H and O–H groups in total. The highest BCUT2D eigenvalue weighted by Crippen LogP contribution is 2.18. The van der Waals surface area contributed by atoms with Crippen LogP contribution < -0.4 is 10.0 Å². The highest BCUT2D eigenvalue weighted by Gasteiger charge is 2.17. The van der Waals surface area contributed by atoms with Crippen LogP contribution in [-0.4, -0.2) is 20.9 Å². The summed E-state index contributed by atoms with van der Waals surface area (Å²) in [6, 6.07) is 13.6. The van der Waals surface area contributed by atoms with E-state index < -0.39 is 10.0 Å². The number of sulfonamides is 1. The number of hydrogen-bond donors (Lipinski definition) is 2. The third-order valence-corrected chi connectivity index (χ3v) is 5.16. The molecule has 0 aromatic heterocycles. The van der Waals surface area contributed by atoms with Crippen LogP contribution in [0.1, 0.15) is 36.7 Å². The van der Waals surface area contributed by atoms with Gasteiger partial charge < -0.3 is 5.32 Å². The molecule has 0 fully saturated rings. The number of benzene rings is 2. The molecular weight excluding hydrogens is 336 g/mol. The summed E-state index contributed by atoms with van der Waals surface area (Å²) in [5, 5.41) is 2.85. The first-order valence-electron chi connectivity index (χ1n) is 8.32. The van der Waals surface area contributed by atoms with E-state index in [1.54, 1.807) is 12.1 Å². The van der Waals surface area contributed by atoms with Crippen molar-refractivity contribution in [3.05, 3.63) is 59.7 Å². The molecule has 5 nitrogen and oxygen atoms in total. The maximum absolute atomic E-state index is 12.5. The van der Waals surface area contributed by atoms with E-state index in [0.717, 1.165) is 17.7 Å². The third-order valence-electron chi connectivity index (χ3n) is 3.73. The van der Waals surface area contributed by atoms with Gasteiger partial charge in [-0.25, -0.2) is 13.1 Å². The Balaban J connectivity index is 2.22. The summed E-state index contributed by atoms with van der Waals surface area (Å²) in [6.07, 6.45) is 0.796. The van der Waals surface area contributed by atoms with Crippen molar-refractivity contribution in [2.45, 2.75) is 32.1 Å². The van der Waals surface area contributed by atoms with E-state index in [1.165, 1.54) is 12.1 Å². The zero-order valence-corrected chi connectivity index (χ0v) is 15.6. The molecule has 0 saturated heterocycles. The van der Waals surface area contributed by atoms with Crippen molar-refractivity contribution in [1.29, 1.82) is 0 Å². The number of nitrogens with one attached hydrogen (secondary N) is 2. The highest BCUT2D eigenvalue weighted by atomic mass is 32.2. The predicted octanol–water partition coefficient (Wildman–Crippen LogP) is 3.44. The molecule has 0 aliphatic rings. The molecule has 0 radical (unpaired) electrons. The van der Waals surface area contributed by atoms with Gasteiger partial charge in [0.25, 0.3) is 5.91 Å². The van der Waals surface area contributed by atoms with Gasteiger partial charge in [-0.3, -0.25) is 4.79 Å². The third kappa shape index (κ3) is 5.14. The summed E-state index contributed by atoms with van der Waals surface area (Å²) in [5.41, 5.74) is 2.07. The Hall–Kier alpha value is -2.18. The summed E-state index contributed by atoms with van der Waals surface area (Å²) in [6.45, 7) is 6.22. The van der Waals surface area contributed by atoms with E-state index in [-0.39, 0.29) is 16.7 Å². The second-order valence-electron chi connectivity index (χ2n) is 6.24. The fourth-order valence-corrected chi connectivity index (χ4v) is 3.57. The molecule has 0 bridgehead atoms. The monoisotopic (exact) mass is 360 g/mol. The lowest BCUT2D eigenvalue weighted by Gasteiger charge is -2.12. The van der Waals surface area contributed by atoms with Crippen LogP contribution in [0.15, 0.2) is 53.4 Å². The van der Waals surface area contributed by atoms with Crippen LogP contribution in [0.5, 0.6) is 0 Å². The molecule has 0 unspecified atom stereocenters. The molecule has 0 atom stereocenters. The minimum atomic E-state index is -3.63. The first-order chi connectivity index (χ1) is 11.8. The summed E-state index contributed by atoms with van der Waals surface area (Å²) in [5.74, 6) is -0.131. The number of hydrogen-bond acceptors (Lipinski definition) is 3. The molecule has 25 heavy (non-hydrogen) atoms. The van der Waals surface area contributed by atoms with E-state index in [2.05, 4.69) is 10.0 Å². The summed E-state index contributed by atoms with van der Waals surface area (Å²) in [7, 11) is -3.63. The Morgan fingerprint density at radius 3 is 2.48 bits per heavy atom. The zero-order valence-electron chi connectivity index (χ0n) is 14.7. The molecule has 6 heteroatoms. The van der Waals surface area contributed by atoms with Crippen LogP contribution in [0.4, 0.5) is 5.69 Å². The second-order valence-corrected chi connectivity index (χ2v) is 8.01. The van der Waals surface area contributed by atoms with Crippen LogP contribution in [0, 0.1) is 5.92 Å². The first kappa shape index (κ1) is 19.1. The van der Waals surface area contributed by atoms with Crippen molar-refractivity contribution in [3.8, 4) is 0 Å². The molecule has 2 aromatic rings. The Kier molecular flexibility index (Phi) is 6.33. The maximum Gasteiger partial charge on any atom is 0.255 e. The Morgan fingerprint density at radius 2 is 1.80 bits per heavy atom. The fourth-order valence-electron chi connectivity index (χ4n) is 2.31.